The highest BCUT2D eigenvalue weighted by molar-refractivity contribution is 6.31. The van der Waals surface area contributed by atoms with Gasteiger partial charge in [-0.15, -0.1) is 0 Å². The Bertz CT molecular complexity index is 519. The molecule has 0 saturated carbocycles. The van der Waals surface area contributed by atoms with E-state index in [0.29, 0.717) is 18.1 Å². The number of anilines is 1. The van der Waals surface area contributed by atoms with Gasteiger partial charge in [-0.2, -0.15) is 0 Å². The number of halogens is 1. The van der Waals surface area contributed by atoms with Crippen LogP contribution in [0.5, 0.6) is 0 Å². The number of imide groups is 1. The van der Waals surface area contributed by atoms with E-state index in [4.69, 9.17) is 11.6 Å². The molecule has 1 aromatic rings. The van der Waals surface area contributed by atoms with Crippen LogP contribution in [0.4, 0.5) is 10.5 Å². The summed E-state index contributed by atoms with van der Waals surface area (Å²) in [6.45, 7) is 4.56. The highest BCUT2D eigenvalue weighted by atomic mass is 35.5. The summed E-state index contributed by atoms with van der Waals surface area (Å²) in [5, 5.41) is 6.30. The first-order valence-corrected chi connectivity index (χ1v) is 6.48. The number of hydrogen-bond donors (Lipinski definition) is 2. The van der Waals surface area contributed by atoms with Crippen molar-refractivity contribution in [3.8, 4) is 0 Å². The SMILES string of the molecule is Cc1ccc(NC(C)C(=O)N2CCNC2=O)cc1Cl. The van der Waals surface area contributed by atoms with E-state index >= 15 is 0 Å². The van der Waals surface area contributed by atoms with Crippen molar-refractivity contribution in [1.29, 1.82) is 0 Å². The molecule has 0 radical (unpaired) electrons. The molecule has 1 heterocycles. The molecule has 0 aromatic heterocycles. The number of rotatable bonds is 3. The molecule has 5 nitrogen and oxygen atoms in total. The van der Waals surface area contributed by atoms with Gasteiger partial charge in [-0.1, -0.05) is 17.7 Å². The quantitative estimate of drug-likeness (QED) is 0.891. The number of nitrogens with zero attached hydrogens (tertiary/aromatic N) is 1. The zero-order valence-electron chi connectivity index (χ0n) is 10.9. The zero-order valence-corrected chi connectivity index (χ0v) is 11.6. The smallest absolute Gasteiger partial charge is 0.324 e. The number of carbonyl (C=O) groups excluding carboxylic acids is 2. The van der Waals surface area contributed by atoms with Crippen molar-refractivity contribution in [2.45, 2.75) is 19.9 Å². The van der Waals surface area contributed by atoms with E-state index in [0.717, 1.165) is 11.3 Å². The average Bonchev–Trinajstić information content (AvgIpc) is 2.79. The molecule has 1 aliphatic heterocycles. The first kappa shape index (κ1) is 13.7. The van der Waals surface area contributed by atoms with Gasteiger partial charge in [0.25, 0.3) is 5.91 Å². The summed E-state index contributed by atoms with van der Waals surface area (Å²) in [6, 6.07) is 4.69. The predicted octanol–water partition coefficient (Wildman–Crippen LogP) is 2.00. The maximum atomic E-state index is 12.1. The molecule has 2 rings (SSSR count). The van der Waals surface area contributed by atoms with Crippen LogP contribution in [0.15, 0.2) is 18.2 Å². The number of urea groups is 1. The minimum atomic E-state index is -0.484. The van der Waals surface area contributed by atoms with Crippen molar-refractivity contribution in [2.75, 3.05) is 18.4 Å². The molecule has 19 heavy (non-hydrogen) atoms. The third-order valence-electron chi connectivity index (χ3n) is 3.05. The maximum absolute atomic E-state index is 12.1. The molecule has 102 valence electrons. The fourth-order valence-electron chi connectivity index (χ4n) is 1.91. The first-order valence-electron chi connectivity index (χ1n) is 6.11. The Kier molecular flexibility index (Phi) is 3.95. The Labute approximate surface area is 116 Å². The van der Waals surface area contributed by atoms with Crippen molar-refractivity contribution < 1.29 is 9.59 Å². The second-order valence-electron chi connectivity index (χ2n) is 4.55. The minimum absolute atomic E-state index is 0.244. The number of aryl methyl sites for hydroxylation is 1. The van der Waals surface area contributed by atoms with Gasteiger partial charge in [0.05, 0.1) is 0 Å². The Hall–Kier alpha value is -1.75. The van der Waals surface area contributed by atoms with Gasteiger partial charge >= 0.3 is 6.03 Å². The molecule has 2 N–H and O–H groups in total. The normalized spacial score (nSPS) is 16.2. The summed E-state index contributed by atoms with van der Waals surface area (Å²) in [4.78, 5) is 24.7. The van der Waals surface area contributed by atoms with E-state index in [9.17, 15) is 9.59 Å². The summed E-state index contributed by atoms with van der Waals surface area (Å²) in [5.41, 5.74) is 1.74. The van der Waals surface area contributed by atoms with Gasteiger partial charge in [0.1, 0.15) is 6.04 Å². The number of amides is 3. The van der Waals surface area contributed by atoms with Crippen LogP contribution in [-0.2, 0) is 4.79 Å². The fraction of sp³-hybridized carbons (Fsp3) is 0.385. The number of benzene rings is 1. The monoisotopic (exact) mass is 281 g/mol. The molecule has 1 atom stereocenters. The molecule has 1 aromatic carbocycles. The van der Waals surface area contributed by atoms with Crippen molar-refractivity contribution in [3.05, 3.63) is 28.8 Å². The zero-order chi connectivity index (χ0) is 14.0. The molecule has 6 heteroatoms. The predicted molar refractivity (Wildman–Crippen MR) is 74.4 cm³/mol. The second-order valence-corrected chi connectivity index (χ2v) is 4.96. The lowest BCUT2D eigenvalue weighted by Crippen LogP contribution is -2.43. The van der Waals surface area contributed by atoms with Crippen LogP contribution in [0, 0.1) is 6.92 Å². The van der Waals surface area contributed by atoms with E-state index < -0.39 is 6.04 Å². The number of nitrogens with one attached hydrogen (secondary N) is 2. The van der Waals surface area contributed by atoms with Crippen LogP contribution >= 0.6 is 11.6 Å². The highest BCUT2D eigenvalue weighted by Crippen LogP contribution is 2.20. The lowest BCUT2D eigenvalue weighted by Gasteiger charge is -2.20. The Morgan fingerprint density at radius 3 is 2.84 bits per heavy atom. The Morgan fingerprint density at radius 2 is 2.26 bits per heavy atom. The van der Waals surface area contributed by atoms with Crippen LogP contribution in [0.2, 0.25) is 5.02 Å². The van der Waals surface area contributed by atoms with Gasteiger partial charge in [-0.05, 0) is 31.5 Å². The molecule has 1 unspecified atom stereocenters. The molecule has 1 aliphatic rings. The third kappa shape index (κ3) is 2.98. The van der Waals surface area contributed by atoms with Gasteiger partial charge < -0.3 is 10.6 Å². The summed E-state index contributed by atoms with van der Waals surface area (Å²) in [5.74, 6) is -0.244. The average molecular weight is 282 g/mol. The lowest BCUT2D eigenvalue weighted by molar-refractivity contribution is -0.128. The van der Waals surface area contributed by atoms with Crippen molar-refractivity contribution >= 4 is 29.2 Å². The van der Waals surface area contributed by atoms with Crippen molar-refractivity contribution in [1.82, 2.24) is 10.2 Å². The van der Waals surface area contributed by atoms with Gasteiger partial charge in [-0.25, -0.2) is 4.79 Å². The summed E-state index contributed by atoms with van der Waals surface area (Å²) < 4.78 is 0. The molecular formula is C13H16ClN3O2. The molecular weight excluding hydrogens is 266 g/mol. The van der Waals surface area contributed by atoms with Gasteiger partial charge in [0.2, 0.25) is 0 Å². The van der Waals surface area contributed by atoms with Crippen LogP contribution < -0.4 is 10.6 Å². The van der Waals surface area contributed by atoms with E-state index in [2.05, 4.69) is 10.6 Å². The van der Waals surface area contributed by atoms with Crippen molar-refractivity contribution in [3.63, 3.8) is 0 Å². The van der Waals surface area contributed by atoms with Crippen LogP contribution in [-0.4, -0.2) is 36.0 Å². The van der Waals surface area contributed by atoms with E-state index in [-0.39, 0.29) is 11.9 Å². The van der Waals surface area contributed by atoms with E-state index in [1.807, 2.05) is 19.1 Å². The van der Waals surface area contributed by atoms with Crippen molar-refractivity contribution in [2.24, 2.45) is 0 Å². The molecule has 1 saturated heterocycles. The third-order valence-corrected chi connectivity index (χ3v) is 3.46. The maximum Gasteiger partial charge on any atom is 0.324 e. The van der Waals surface area contributed by atoms with Crippen LogP contribution in [0.1, 0.15) is 12.5 Å². The Morgan fingerprint density at radius 1 is 1.53 bits per heavy atom. The first-order chi connectivity index (χ1) is 8.99. The molecule has 0 spiro atoms. The number of hydrogen-bond acceptors (Lipinski definition) is 3. The summed E-state index contributed by atoms with van der Waals surface area (Å²) >= 11 is 6.03. The molecule has 0 bridgehead atoms. The molecule has 1 fully saturated rings. The fourth-order valence-corrected chi connectivity index (χ4v) is 2.09. The van der Waals surface area contributed by atoms with Gasteiger partial charge in [0, 0.05) is 23.8 Å². The Balaban J connectivity index is 2.03. The number of carbonyl (C=O) groups is 2. The minimum Gasteiger partial charge on any atom is -0.374 e. The largest absolute Gasteiger partial charge is 0.374 e. The second kappa shape index (κ2) is 5.48. The lowest BCUT2D eigenvalue weighted by atomic mass is 10.2. The molecule has 0 aliphatic carbocycles. The van der Waals surface area contributed by atoms with Gasteiger partial charge in [0.15, 0.2) is 0 Å². The van der Waals surface area contributed by atoms with E-state index in [1.54, 1.807) is 13.0 Å². The molecule has 3 amide bonds. The van der Waals surface area contributed by atoms with Crippen LogP contribution in [0.25, 0.3) is 0 Å². The summed E-state index contributed by atoms with van der Waals surface area (Å²) in [7, 11) is 0. The van der Waals surface area contributed by atoms with Crippen LogP contribution in [0.3, 0.4) is 0 Å². The van der Waals surface area contributed by atoms with E-state index in [1.165, 1.54) is 4.90 Å². The highest BCUT2D eigenvalue weighted by Gasteiger charge is 2.29. The standard InChI is InChI=1S/C13H16ClN3O2/c1-8-3-4-10(7-11(8)14)16-9(2)12(18)17-6-5-15-13(17)19/h3-4,7,9,16H,5-6H2,1-2H3,(H,15,19). The summed E-state index contributed by atoms with van der Waals surface area (Å²) in [6.07, 6.45) is 0. The van der Waals surface area contributed by atoms with Gasteiger partial charge in [-0.3, -0.25) is 9.69 Å². The topological polar surface area (TPSA) is 61.4 Å².